The molecule has 4 rings (SSSR count). The van der Waals surface area contributed by atoms with E-state index in [4.69, 9.17) is 11.6 Å². The Balaban J connectivity index is 1.36. The van der Waals surface area contributed by atoms with Gasteiger partial charge in [-0.1, -0.05) is 36.7 Å². The Morgan fingerprint density at radius 1 is 1.27 bits per heavy atom. The highest BCUT2D eigenvalue weighted by atomic mass is 35.5. The van der Waals surface area contributed by atoms with E-state index in [1.165, 1.54) is 25.9 Å². The van der Waals surface area contributed by atoms with Crippen LogP contribution in [0.15, 0.2) is 48.7 Å². The van der Waals surface area contributed by atoms with E-state index >= 15 is 0 Å². The zero-order valence-corrected chi connectivity index (χ0v) is 18.2. The van der Waals surface area contributed by atoms with Crippen molar-refractivity contribution >= 4 is 28.4 Å². The van der Waals surface area contributed by atoms with Crippen LogP contribution >= 0.6 is 11.6 Å². The highest BCUT2D eigenvalue weighted by Gasteiger charge is 2.15. The summed E-state index contributed by atoms with van der Waals surface area (Å²) in [6.45, 7) is 7.05. The number of carbonyl (C=O) groups is 1. The number of aromatic nitrogens is 2. The van der Waals surface area contributed by atoms with Crippen LogP contribution in [0.3, 0.4) is 0 Å². The molecule has 0 aliphatic carbocycles. The molecule has 6 heteroatoms. The van der Waals surface area contributed by atoms with E-state index in [1.54, 1.807) is 0 Å². The number of carbonyl (C=O) groups excluding carboxylic acids is 1. The molecule has 0 bridgehead atoms. The molecule has 2 aromatic carbocycles. The van der Waals surface area contributed by atoms with Crippen LogP contribution in [-0.4, -0.2) is 46.8 Å². The average molecular weight is 425 g/mol. The van der Waals surface area contributed by atoms with Gasteiger partial charge in [-0.3, -0.25) is 9.48 Å². The zero-order valence-electron chi connectivity index (χ0n) is 17.5. The lowest BCUT2D eigenvalue weighted by Crippen LogP contribution is -2.36. The number of halogens is 1. The molecule has 1 fully saturated rings. The number of hydrogen-bond donors (Lipinski definition) is 1. The first-order chi connectivity index (χ1) is 14.6. The van der Waals surface area contributed by atoms with Gasteiger partial charge in [-0.2, -0.15) is 5.10 Å². The number of nitrogens with zero attached hydrogens (tertiary/aromatic N) is 3. The third kappa shape index (κ3) is 5.21. The van der Waals surface area contributed by atoms with Crippen molar-refractivity contribution in [2.75, 3.05) is 26.2 Å². The SMILES string of the molecule is C[C@@H]1CCCN(CCCNC(=O)c2ccc3cnn(Cc4cccc(Cl)c4)c3c2)C1. The molecule has 30 heavy (non-hydrogen) atoms. The molecule has 1 aliphatic heterocycles. The maximum Gasteiger partial charge on any atom is 0.251 e. The normalized spacial score (nSPS) is 17.3. The first-order valence-corrected chi connectivity index (χ1v) is 11.2. The molecule has 1 saturated heterocycles. The third-order valence-corrected chi connectivity index (χ3v) is 6.04. The average Bonchev–Trinajstić information content (AvgIpc) is 3.13. The molecule has 158 valence electrons. The number of hydrogen-bond acceptors (Lipinski definition) is 3. The van der Waals surface area contributed by atoms with Crippen molar-refractivity contribution in [1.29, 1.82) is 0 Å². The van der Waals surface area contributed by atoms with Crippen molar-refractivity contribution in [2.24, 2.45) is 5.92 Å². The Kier molecular flexibility index (Phi) is 6.70. The van der Waals surface area contributed by atoms with Crippen molar-refractivity contribution in [1.82, 2.24) is 20.0 Å². The van der Waals surface area contributed by atoms with Crippen molar-refractivity contribution in [2.45, 2.75) is 32.7 Å². The second kappa shape index (κ2) is 9.63. The molecule has 1 aromatic heterocycles. The van der Waals surface area contributed by atoms with Gasteiger partial charge in [0, 0.05) is 29.1 Å². The van der Waals surface area contributed by atoms with Gasteiger partial charge in [0.2, 0.25) is 0 Å². The highest BCUT2D eigenvalue weighted by Crippen LogP contribution is 2.19. The fourth-order valence-electron chi connectivity index (χ4n) is 4.24. The van der Waals surface area contributed by atoms with Crippen molar-refractivity contribution in [3.05, 3.63) is 64.8 Å². The van der Waals surface area contributed by atoms with Crippen LogP contribution in [0.1, 0.15) is 42.1 Å². The lowest BCUT2D eigenvalue weighted by molar-refractivity contribution is 0.0950. The summed E-state index contributed by atoms with van der Waals surface area (Å²) < 4.78 is 1.91. The standard InChI is InChI=1S/C24H29ClN4O/c1-18-5-3-11-28(16-18)12-4-10-26-24(30)20-8-9-21-15-27-29(23(21)14-20)17-19-6-2-7-22(25)13-19/h2,6-9,13-15,18H,3-5,10-12,16-17H2,1H3,(H,26,30)/t18-/m1/s1. The van der Waals surface area contributed by atoms with Crippen LogP contribution in [0.25, 0.3) is 10.9 Å². The summed E-state index contributed by atoms with van der Waals surface area (Å²) >= 11 is 6.10. The summed E-state index contributed by atoms with van der Waals surface area (Å²) in [4.78, 5) is 15.2. The monoisotopic (exact) mass is 424 g/mol. The molecule has 1 aliphatic rings. The van der Waals surface area contributed by atoms with E-state index in [0.717, 1.165) is 35.3 Å². The minimum Gasteiger partial charge on any atom is -0.352 e. The number of nitrogens with one attached hydrogen (secondary N) is 1. The number of amides is 1. The van der Waals surface area contributed by atoms with Crippen LogP contribution in [0, 0.1) is 5.92 Å². The van der Waals surface area contributed by atoms with Crippen LogP contribution in [0.4, 0.5) is 0 Å². The lowest BCUT2D eigenvalue weighted by atomic mass is 10.0. The maximum atomic E-state index is 12.7. The number of rotatable bonds is 7. The Morgan fingerprint density at radius 2 is 2.17 bits per heavy atom. The molecule has 0 spiro atoms. The predicted octanol–water partition coefficient (Wildman–Crippen LogP) is 4.59. The lowest BCUT2D eigenvalue weighted by Gasteiger charge is -2.30. The molecule has 1 amide bonds. The summed E-state index contributed by atoms with van der Waals surface area (Å²) in [7, 11) is 0. The van der Waals surface area contributed by atoms with E-state index in [-0.39, 0.29) is 5.91 Å². The smallest absolute Gasteiger partial charge is 0.251 e. The second-order valence-electron chi connectivity index (χ2n) is 8.36. The fourth-order valence-corrected chi connectivity index (χ4v) is 4.46. The topological polar surface area (TPSA) is 50.2 Å². The van der Waals surface area contributed by atoms with Gasteiger partial charge < -0.3 is 10.2 Å². The van der Waals surface area contributed by atoms with Gasteiger partial charge >= 0.3 is 0 Å². The molecule has 2 heterocycles. The van der Waals surface area contributed by atoms with Crippen molar-refractivity contribution in [3.8, 4) is 0 Å². The molecule has 0 unspecified atom stereocenters. The Hall–Kier alpha value is -2.37. The minimum atomic E-state index is -0.0283. The summed E-state index contributed by atoms with van der Waals surface area (Å²) in [5, 5.41) is 9.29. The first-order valence-electron chi connectivity index (χ1n) is 10.8. The summed E-state index contributed by atoms with van der Waals surface area (Å²) in [6, 6.07) is 13.5. The van der Waals surface area contributed by atoms with E-state index in [9.17, 15) is 4.79 Å². The number of piperidine rings is 1. The molecule has 5 nitrogen and oxygen atoms in total. The number of fused-ring (bicyclic) bond motifs is 1. The molecular weight excluding hydrogens is 396 g/mol. The van der Waals surface area contributed by atoms with Crippen LogP contribution < -0.4 is 5.32 Å². The van der Waals surface area contributed by atoms with Crippen molar-refractivity contribution in [3.63, 3.8) is 0 Å². The quantitative estimate of drug-likeness (QED) is 0.564. The van der Waals surface area contributed by atoms with E-state index in [1.807, 2.05) is 53.3 Å². The Bertz CT molecular complexity index is 1020. The van der Waals surface area contributed by atoms with Crippen LogP contribution in [-0.2, 0) is 6.54 Å². The number of benzene rings is 2. The number of likely N-dealkylation sites (tertiary alicyclic amines) is 1. The van der Waals surface area contributed by atoms with Gasteiger partial charge in [0.05, 0.1) is 18.3 Å². The summed E-state index contributed by atoms with van der Waals surface area (Å²) in [6.07, 6.45) is 5.44. The second-order valence-corrected chi connectivity index (χ2v) is 8.80. The predicted molar refractivity (Wildman–Crippen MR) is 122 cm³/mol. The summed E-state index contributed by atoms with van der Waals surface area (Å²) in [5.41, 5.74) is 2.70. The van der Waals surface area contributed by atoms with Gasteiger partial charge in [-0.15, -0.1) is 0 Å². The van der Waals surface area contributed by atoms with Gasteiger partial charge in [0.25, 0.3) is 5.91 Å². The third-order valence-electron chi connectivity index (χ3n) is 5.81. The Labute approximate surface area is 183 Å². The van der Waals surface area contributed by atoms with Gasteiger partial charge in [-0.05, 0) is 68.1 Å². The molecular formula is C24H29ClN4O. The Morgan fingerprint density at radius 3 is 3.00 bits per heavy atom. The van der Waals surface area contributed by atoms with Gasteiger partial charge in [0.15, 0.2) is 0 Å². The van der Waals surface area contributed by atoms with E-state index in [2.05, 4.69) is 22.2 Å². The van der Waals surface area contributed by atoms with E-state index in [0.29, 0.717) is 23.7 Å². The molecule has 3 aromatic rings. The summed E-state index contributed by atoms with van der Waals surface area (Å²) in [5.74, 6) is 0.760. The minimum absolute atomic E-state index is 0.0283. The van der Waals surface area contributed by atoms with Gasteiger partial charge in [-0.25, -0.2) is 0 Å². The molecule has 1 atom stereocenters. The fraction of sp³-hybridized carbons (Fsp3) is 0.417. The largest absolute Gasteiger partial charge is 0.352 e. The van der Waals surface area contributed by atoms with Crippen LogP contribution in [0.2, 0.25) is 5.02 Å². The molecule has 1 N–H and O–H groups in total. The van der Waals surface area contributed by atoms with E-state index < -0.39 is 0 Å². The zero-order chi connectivity index (χ0) is 20.9. The van der Waals surface area contributed by atoms with Crippen LogP contribution in [0.5, 0.6) is 0 Å². The maximum absolute atomic E-state index is 12.7. The molecule has 0 saturated carbocycles. The van der Waals surface area contributed by atoms with Crippen molar-refractivity contribution < 1.29 is 4.79 Å². The molecule has 0 radical (unpaired) electrons. The first kappa shape index (κ1) is 20.9. The van der Waals surface area contributed by atoms with Gasteiger partial charge in [0.1, 0.15) is 0 Å². The highest BCUT2D eigenvalue weighted by molar-refractivity contribution is 6.30.